The lowest BCUT2D eigenvalue weighted by Crippen LogP contribution is -2.39. The van der Waals surface area contributed by atoms with Gasteiger partial charge in [0.2, 0.25) is 5.69 Å². The van der Waals surface area contributed by atoms with E-state index in [9.17, 15) is 0 Å². The highest BCUT2D eigenvalue weighted by Crippen LogP contribution is 2.13. The normalized spacial score (nSPS) is 14.2. The van der Waals surface area contributed by atoms with E-state index in [2.05, 4.69) is 30.1 Å². The summed E-state index contributed by atoms with van der Waals surface area (Å²) >= 11 is 0. The highest BCUT2D eigenvalue weighted by atomic mass is 16.0. The van der Waals surface area contributed by atoms with Crippen LogP contribution in [0.15, 0.2) is 0 Å². The van der Waals surface area contributed by atoms with Crippen LogP contribution in [0.1, 0.15) is 23.4 Å². The van der Waals surface area contributed by atoms with E-state index in [-0.39, 0.29) is 5.48 Å². The summed E-state index contributed by atoms with van der Waals surface area (Å²) in [7, 11) is 0. The number of aromatic nitrogens is 2. The standard InChI is InChI=1S/C9H15N2.H2O/c1-7-8(2)10-5-4-6-11(10)9(7)3;/h4-6H2,1-3H3;1H2/q+1;/p-1. The van der Waals surface area contributed by atoms with Crippen LogP contribution in [-0.2, 0) is 13.1 Å². The average molecular weight is 168 g/mol. The molecule has 1 N–H and O–H groups in total. The molecule has 0 atom stereocenters. The van der Waals surface area contributed by atoms with Crippen molar-refractivity contribution in [3.05, 3.63) is 17.0 Å². The monoisotopic (exact) mass is 168 g/mol. The van der Waals surface area contributed by atoms with Crippen LogP contribution in [0.2, 0.25) is 0 Å². The third-order valence-corrected chi connectivity index (χ3v) is 2.89. The Morgan fingerprint density at radius 3 is 2.50 bits per heavy atom. The molecule has 0 fully saturated rings. The minimum absolute atomic E-state index is 0. The Hall–Kier alpha value is -0.830. The molecule has 2 heterocycles. The van der Waals surface area contributed by atoms with Crippen LogP contribution in [0.25, 0.3) is 0 Å². The Morgan fingerprint density at radius 1 is 1.25 bits per heavy atom. The van der Waals surface area contributed by atoms with Gasteiger partial charge in [0.15, 0.2) is 6.54 Å². The van der Waals surface area contributed by atoms with Crippen LogP contribution >= 0.6 is 0 Å². The smallest absolute Gasteiger partial charge is 0.208 e. The molecule has 0 radical (unpaired) electrons. The number of hydrogen-bond donors (Lipinski definition) is 0. The van der Waals surface area contributed by atoms with Crippen LogP contribution in [0.3, 0.4) is 0 Å². The van der Waals surface area contributed by atoms with Gasteiger partial charge in [-0.05, 0) is 13.8 Å². The highest BCUT2D eigenvalue weighted by Gasteiger charge is 2.25. The third-order valence-electron chi connectivity index (χ3n) is 2.89. The van der Waals surface area contributed by atoms with Crippen molar-refractivity contribution in [3.63, 3.8) is 0 Å². The lowest BCUT2D eigenvalue weighted by Gasteiger charge is -1.90. The molecule has 1 aliphatic heterocycles. The molecule has 0 bridgehead atoms. The summed E-state index contributed by atoms with van der Waals surface area (Å²) < 4.78 is 4.79. The van der Waals surface area contributed by atoms with E-state index in [1.807, 2.05) is 0 Å². The Kier molecular flexibility index (Phi) is 2.24. The minimum atomic E-state index is 0. The molecule has 68 valence electrons. The van der Waals surface area contributed by atoms with Crippen LogP contribution in [-0.4, -0.2) is 10.2 Å². The highest BCUT2D eigenvalue weighted by molar-refractivity contribution is 5.18. The van der Waals surface area contributed by atoms with E-state index in [0.717, 1.165) is 0 Å². The Balaban J connectivity index is 0.000000720. The number of fused-ring (bicyclic) bond motifs is 1. The molecule has 0 aliphatic carbocycles. The molecule has 0 saturated heterocycles. The molecule has 3 heteroatoms. The van der Waals surface area contributed by atoms with E-state index >= 15 is 0 Å². The summed E-state index contributed by atoms with van der Waals surface area (Å²) in [5.41, 5.74) is 4.35. The van der Waals surface area contributed by atoms with E-state index < -0.39 is 0 Å². The summed E-state index contributed by atoms with van der Waals surface area (Å²) in [6.45, 7) is 9.05. The predicted molar refractivity (Wildman–Crippen MR) is 45.4 cm³/mol. The molecular weight excluding hydrogens is 152 g/mol. The molecule has 1 aromatic rings. The first-order valence-electron chi connectivity index (χ1n) is 4.28. The summed E-state index contributed by atoms with van der Waals surface area (Å²) in [6, 6.07) is 0. The fourth-order valence-electron chi connectivity index (χ4n) is 1.96. The van der Waals surface area contributed by atoms with Crippen LogP contribution in [0.4, 0.5) is 0 Å². The van der Waals surface area contributed by atoms with Crippen LogP contribution < -0.4 is 4.68 Å². The molecule has 12 heavy (non-hydrogen) atoms. The second kappa shape index (κ2) is 2.90. The van der Waals surface area contributed by atoms with Gasteiger partial charge >= 0.3 is 0 Å². The van der Waals surface area contributed by atoms with Crippen molar-refractivity contribution in [1.82, 2.24) is 4.68 Å². The van der Waals surface area contributed by atoms with Gasteiger partial charge in [-0.3, -0.25) is 0 Å². The fourth-order valence-corrected chi connectivity index (χ4v) is 1.96. The zero-order valence-corrected chi connectivity index (χ0v) is 7.96. The van der Waals surface area contributed by atoms with Gasteiger partial charge in [0, 0.05) is 18.9 Å². The quantitative estimate of drug-likeness (QED) is 0.531. The lowest BCUT2D eigenvalue weighted by atomic mass is 10.2. The zero-order valence-electron chi connectivity index (χ0n) is 7.96. The van der Waals surface area contributed by atoms with Gasteiger partial charge in [-0.1, -0.05) is 0 Å². The second-order valence-electron chi connectivity index (χ2n) is 3.40. The fraction of sp³-hybridized carbons (Fsp3) is 0.667. The van der Waals surface area contributed by atoms with Gasteiger partial charge in [-0.15, -0.1) is 4.68 Å². The molecule has 0 amide bonds. The summed E-state index contributed by atoms with van der Waals surface area (Å²) in [5.74, 6) is 0. The molecular formula is C9H16N2O. The molecule has 1 aromatic heterocycles. The maximum absolute atomic E-state index is 2.39. The topological polar surface area (TPSA) is 38.8 Å². The van der Waals surface area contributed by atoms with E-state index in [4.69, 9.17) is 0 Å². The zero-order chi connectivity index (χ0) is 8.01. The van der Waals surface area contributed by atoms with Gasteiger partial charge in [0.25, 0.3) is 0 Å². The number of hydrogen-bond acceptors (Lipinski definition) is 1. The number of rotatable bonds is 0. The molecule has 1 aliphatic rings. The largest absolute Gasteiger partial charge is 0.870 e. The Bertz CT molecular complexity index is 274. The predicted octanol–water partition coefficient (Wildman–Crippen LogP) is 0.928. The SMILES string of the molecule is Cc1c(C)n2[n+](c1C)CCC2.[OH-]. The van der Waals surface area contributed by atoms with E-state index in [1.165, 1.54) is 36.5 Å². The lowest BCUT2D eigenvalue weighted by molar-refractivity contribution is -0.763. The Labute approximate surface area is 72.9 Å². The first-order valence-corrected chi connectivity index (χ1v) is 4.28. The van der Waals surface area contributed by atoms with Crippen LogP contribution in [0, 0.1) is 20.8 Å². The molecule has 0 unspecified atom stereocenters. The van der Waals surface area contributed by atoms with Crippen LogP contribution in [0.5, 0.6) is 0 Å². The van der Waals surface area contributed by atoms with Gasteiger partial charge in [0.05, 0.1) is 12.2 Å². The van der Waals surface area contributed by atoms with Crippen molar-refractivity contribution in [2.24, 2.45) is 0 Å². The maximum atomic E-state index is 2.39. The average Bonchev–Trinajstić information content (AvgIpc) is 2.53. The first kappa shape index (κ1) is 9.26. The maximum Gasteiger partial charge on any atom is 0.208 e. The van der Waals surface area contributed by atoms with Crippen molar-refractivity contribution in [2.75, 3.05) is 0 Å². The minimum Gasteiger partial charge on any atom is -0.870 e. The van der Waals surface area contributed by atoms with Crippen molar-refractivity contribution in [2.45, 2.75) is 40.3 Å². The van der Waals surface area contributed by atoms with Crippen molar-refractivity contribution in [3.8, 4) is 0 Å². The first-order chi connectivity index (χ1) is 5.22. The molecule has 3 nitrogen and oxygen atoms in total. The summed E-state index contributed by atoms with van der Waals surface area (Å²) in [6.07, 6.45) is 1.31. The van der Waals surface area contributed by atoms with Crippen molar-refractivity contribution < 1.29 is 10.2 Å². The molecule has 2 rings (SSSR count). The second-order valence-corrected chi connectivity index (χ2v) is 3.40. The van der Waals surface area contributed by atoms with Crippen molar-refractivity contribution in [1.29, 1.82) is 0 Å². The van der Waals surface area contributed by atoms with Gasteiger partial charge in [-0.25, -0.2) is 0 Å². The van der Waals surface area contributed by atoms with E-state index in [1.54, 1.807) is 0 Å². The van der Waals surface area contributed by atoms with Crippen molar-refractivity contribution >= 4 is 0 Å². The van der Waals surface area contributed by atoms with E-state index in [0.29, 0.717) is 0 Å². The van der Waals surface area contributed by atoms with Gasteiger partial charge in [-0.2, -0.15) is 4.68 Å². The summed E-state index contributed by atoms with van der Waals surface area (Å²) in [5, 5.41) is 0. The Morgan fingerprint density at radius 2 is 1.92 bits per heavy atom. The summed E-state index contributed by atoms with van der Waals surface area (Å²) in [4.78, 5) is 0. The molecule has 0 saturated carbocycles. The number of nitrogens with zero attached hydrogens (tertiary/aromatic N) is 2. The van der Waals surface area contributed by atoms with Gasteiger partial charge < -0.3 is 5.48 Å². The molecule has 0 spiro atoms. The molecule has 0 aromatic carbocycles. The van der Waals surface area contributed by atoms with Gasteiger partial charge in [0.1, 0.15) is 0 Å². The third kappa shape index (κ3) is 0.966.